The molecular weight excluding hydrogens is 282 g/mol. The van der Waals surface area contributed by atoms with Crippen molar-refractivity contribution >= 4 is 11.8 Å². The maximum Gasteiger partial charge on any atom is 0.172 e. The summed E-state index contributed by atoms with van der Waals surface area (Å²) in [7, 11) is 1.67. The Bertz CT molecular complexity index is 695. The van der Waals surface area contributed by atoms with Gasteiger partial charge in [-0.1, -0.05) is 17.8 Å². The van der Waals surface area contributed by atoms with Crippen LogP contribution in [0.2, 0.25) is 0 Å². The van der Waals surface area contributed by atoms with Crippen molar-refractivity contribution in [1.82, 2.24) is 14.5 Å². The van der Waals surface area contributed by atoms with E-state index < -0.39 is 0 Å². The molecule has 1 aromatic carbocycles. The highest BCUT2D eigenvalue weighted by molar-refractivity contribution is 7.98. The molecule has 21 heavy (non-hydrogen) atoms. The number of hydrogen-bond acceptors (Lipinski definition) is 4. The Labute approximate surface area is 127 Å². The van der Waals surface area contributed by atoms with Crippen molar-refractivity contribution in [3.63, 3.8) is 0 Å². The van der Waals surface area contributed by atoms with Gasteiger partial charge in [-0.2, -0.15) is 0 Å². The van der Waals surface area contributed by atoms with Crippen LogP contribution in [0.5, 0.6) is 5.75 Å². The van der Waals surface area contributed by atoms with Crippen molar-refractivity contribution < 1.29 is 4.74 Å². The number of benzene rings is 1. The summed E-state index contributed by atoms with van der Waals surface area (Å²) in [6.45, 7) is 0. The molecule has 0 saturated carbocycles. The van der Waals surface area contributed by atoms with Gasteiger partial charge < -0.3 is 4.74 Å². The summed E-state index contributed by atoms with van der Waals surface area (Å²) in [4.78, 5) is 8.75. The molecule has 0 radical (unpaired) electrons. The number of rotatable bonds is 5. The normalized spacial score (nSPS) is 10.5. The maximum atomic E-state index is 5.18. The SMILES string of the molecule is COc1ccc(-n2ccnc2SCc2ccccn2)cc1. The average Bonchev–Trinajstić information content (AvgIpc) is 3.02. The van der Waals surface area contributed by atoms with Gasteiger partial charge in [-0.15, -0.1) is 0 Å². The fourth-order valence-electron chi connectivity index (χ4n) is 1.96. The molecule has 106 valence electrons. The third-order valence-corrected chi connectivity index (χ3v) is 4.03. The monoisotopic (exact) mass is 297 g/mol. The third kappa shape index (κ3) is 3.25. The molecule has 4 nitrogen and oxygen atoms in total. The molecular formula is C16H15N3OS. The van der Waals surface area contributed by atoms with Crippen LogP contribution in [0.15, 0.2) is 66.2 Å². The van der Waals surface area contributed by atoms with Crippen LogP contribution in [0, 0.1) is 0 Å². The summed E-state index contributed by atoms with van der Waals surface area (Å²) >= 11 is 1.67. The first-order valence-electron chi connectivity index (χ1n) is 6.57. The van der Waals surface area contributed by atoms with Gasteiger partial charge in [-0.3, -0.25) is 9.55 Å². The molecule has 0 amide bonds. The second kappa shape index (κ2) is 6.45. The van der Waals surface area contributed by atoms with Gasteiger partial charge in [0.1, 0.15) is 5.75 Å². The Kier molecular flexibility index (Phi) is 4.21. The van der Waals surface area contributed by atoms with Gasteiger partial charge in [0.05, 0.1) is 12.8 Å². The summed E-state index contributed by atoms with van der Waals surface area (Å²) in [6, 6.07) is 13.9. The van der Waals surface area contributed by atoms with Gasteiger partial charge in [0.2, 0.25) is 0 Å². The van der Waals surface area contributed by atoms with Crippen LogP contribution in [0.1, 0.15) is 5.69 Å². The van der Waals surface area contributed by atoms with Gasteiger partial charge in [0, 0.05) is 30.0 Å². The summed E-state index contributed by atoms with van der Waals surface area (Å²) < 4.78 is 7.25. The lowest BCUT2D eigenvalue weighted by atomic mass is 10.3. The fourth-order valence-corrected chi connectivity index (χ4v) is 2.85. The van der Waals surface area contributed by atoms with E-state index in [9.17, 15) is 0 Å². The van der Waals surface area contributed by atoms with E-state index >= 15 is 0 Å². The quantitative estimate of drug-likeness (QED) is 0.675. The Hall–Kier alpha value is -2.27. The Morgan fingerprint density at radius 3 is 2.62 bits per heavy atom. The van der Waals surface area contributed by atoms with Crippen molar-refractivity contribution in [3.05, 3.63) is 66.7 Å². The topological polar surface area (TPSA) is 39.9 Å². The summed E-state index contributed by atoms with van der Waals surface area (Å²) in [5.41, 5.74) is 2.11. The highest BCUT2D eigenvalue weighted by atomic mass is 32.2. The lowest BCUT2D eigenvalue weighted by Gasteiger charge is -2.08. The van der Waals surface area contributed by atoms with E-state index in [0.29, 0.717) is 0 Å². The number of hydrogen-bond donors (Lipinski definition) is 0. The number of ether oxygens (including phenoxy) is 1. The second-order valence-electron chi connectivity index (χ2n) is 4.39. The first-order chi connectivity index (χ1) is 10.4. The molecule has 0 bridgehead atoms. The molecule has 0 N–H and O–H groups in total. The maximum absolute atomic E-state index is 5.18. The lowest BCUT2D eigenvalue weighted by Crippen LogP contribution is -1.96. The molecule has 0 aliphatic rings. The van der Waals surface area contributed by atoms with Crippen LogP contribution in [0.3, 0.4) is 0 Å². The van der Waals surface area contributed by atoms with E-state index in [1.165, 1.54) is 0 Å². The van der Waals surface area contributed by atoms with Crippen LogP contribution in [0.25, 0.3) is 5.69 Å². The summed E-state index contributed by atoms with van der Waals surface area (Å²) in [5, 5.41) is 0.950. The number of imidazole rings is 1. The van der Waals surface area contributed by atoms with Gasteiger partial charge in [-0.05, 0) is 36.4 Å². The van der Waals surface area contributed by atoms with E-state index in [0.717, 1.165) is 28.0 Å². The van der Waals surface area contributed by atoms with Crippen molar-refractivity contribution in [2.24, 2.45) is 0 Å². The van der Waals surface area contributed by atoms with Gasteiger partial charge in [-0.25, -0.2) is 4.98 Å². The molecule has 3 rings (SSSR count). The largest absolute Gasteiger partial charge is 0.497 e. The first-order valence-corrected chi connectivity index (χ1v) is 7.56. The molecule has 2 heterocycles. The predicted octanol–water partition coefficient (Wildman–Crippen LogP) is 3.57. The summed E-state index contributed by atoms with van der Waals surface area (Å²) in [6.07, 6.45) is 5.58. The van der Waals surface area contributed by atoms with Crippen LogP contribution in [0.4, 0.5) is 0 Å². The minimum Gasteiger partial charge on any atom is -0.497 e. The molecule has 0 aliphatic heterocycles. The predicted molar refractivity (Wildman–Crippen MR) is 83.9 cm³/mol. The fraction of sp³-hybridized carbons (Fsp3) is 0.125. The van der Waals surface area contributed by atoms with E-state index in [1.54, 1.807) is 18.9 Å². The van der Waals surface area contributed by atoms with Gasteiger partial charge >= 0.3 is 0 Å². The molecule has 0 unspecified atom stereocenters. The minimum atomic E-state index is 0.800. The zero-order valence-electron chi connectivity index (χ0n) is 11.6. The molecule has 3 aromatic rings. The minimum absolute atomic E-state index is 0.800. The van der Waals surface area contributed by atoms with E-state index in [4.69, 9.17) is 4.74 Å². The van der Waals surface area contributed by atoms with E-state index in [2.05, 4.69) is 14.5 Å². The zero-order valence-corrected chi connectivity index (χ0v) is 12.5. The van der Waals surface area contributed by atoms with Crippen molar-refractivity contribution in [2.75, 3.05) is 7.11 Å². The van der Waals surface area contributed by atoms with Gasteiger partial charge in [0.25, 0.3) is 0 Å². The van der Waals surface area contributed by atoms with Crippen molar-refractivity contribution in [2.45, 2.75) is 10.9 Å². The van der Waals surface area contributed by atoms with E-state index in [-0.39, 0.29) is 0 Å². The van der Waals surface area contributed by atoms with Crippen molar-refractivity contribution in [3.8, 4) is 11.4 Å². The van der Waals surface area contributed by atoms with Crippen LogP contribution in [-0.2, 0) is 5.75 Å². The Morgan fingerprint density at radius 2 is 1.90 bits per heavy atom. The van der Waals surface area contributed by atoms with Crippen LogP contribution >= 0.6 is 11.8 Å². The number of pyridine rings is 1. The van der Waals surface area contributed by atoms with E-state index in [1.807, 2.05) is 61.1 Å². The molecule has 5 heteroatoms. The summed E-state index contributed by atoms with van der Waals surface area (Å²) in [5.74, 6) is 1.65. The highest BCUT2D eigenvalue weighted by Crippen LogP contribution is 2.24. The lowest BCUT2D eigenvalue weighted by molar-refractivity contribution is 0.414. The number of nitrogens with zero attached hydrogens (tertiary/aromatic N) is 3. The Morgan fingerprint density at radius 1 is 1.05 bits per heavy atom. The average molecular weight is 297 g/mol. The first kappa shape index (κ1) is 13.7. The molecule has 2 aromatic heterocycles. The highest BCUT2D eigenvalue weighted by Gasteiger charge is 2.06. The zero-order chi connectivity index (χ0) is 14.5. The molecule has 0 spiro atoms. The van der Waals surface area contributed by atoms with Gasteiger partial charge in [0.15, 0.2) is 5.16 Å². The number of methoxy groups -OCH3 is 1. The smallest absolute Gasteiger partial charge is 0.172 e. The molecule has 0 saturated heterocycles. The Balaban J connectivity index is 1.77. The van der Waals surface area contributed by atoms with Crippen LogP contribution in [-0.4, -0.2) is 21.6 Å². The second-order valence-corrected chi connectivity index (χ2v) is 5.33. The molecule has 0 fully saturated rings. The number of thioether (sulfide) groups is 1. The van der Waals surface area contributed by atoms with Crippen molar-refractivity contribution in [1.29, 1.82) is 0 Å². The molecule has 0 atom stereocenters. The third-order valence-electron chi connectivity index (χ3n) is 3.03. The van der Waals surface area contributed by atoms with Crippen LogP contribution < -0.4 is 4.74 Å². The molecule has 0 aliphatic carbocycles. The number of aromatic nitrogens is 3. The standard InChI is InChI=1S/C16H15N3OS/c1-20-15-7-5-14(6-8-15)19-11-10-18-16(19)21-12-13-4-2-3-9-17-13/h2-11H,12H2,1H3.